The van der Waals surface area contributed by atoms with Gasteiger partial charge in [0.25, 0.3) is 0 Å². The Morgan fingerprint density at radius 1 is 1.67 bits per heavy atom. The Balaban J connectivity index is 2.73. The van der Waals surface area contributed by atoms with Gasteiger partial charge in [-0.05, 0) is 12.1 Å². The fourth-order valence-corrected chi connectivity index (χ4v) is 0.874. The van der Waals surface area contributed by atoms with Crippen LogP contribution in [0.3, 0.4) is 0 Å². The average Bonchev–Trinajstić information content (AvgIpc) is 2.05. The van der Waals surface area contributed by atoms with E-state index < -0.39 is 6.09 Å². The number of rotatable bonds is 1. The van der Waals surface area contributed by atoms with Gasteiger partial charge in [-0.15, -0.1) is 0 Å². The molecule has 0 bridgehead atoms. The third kappa shape index (κ3) is 2.28. The van der Waals surface area contributed by atoms with Gasteiger partial charge in [-0.25, -0.2) is 4.79 Å². The number of thiocarbonyl (C=S) groups is 1. The van der Waals surface area contributed by atoms with Crippen LogP contribution in [0.15, 0.2) is 24.5 Å². The lowest BCUT2D eigenvalue weighted by molar-refractivity contribution is 0.200. The van der Waals surface area contributed by atoms with Crippen molar-refractivity contribution < 1.29 is 9.90 Å². The monoisotopic (exact) mass is 182 g/mol. The van der Waals surface area contributed by atoms with Crippen LogP contribution in [-0.4, -0.2) is 21.2 Å². The van der Waals surface area contributed by atoms with Crippen LogP contribution in [0.5, 0.6) is 0 Å². The van der Waals surface area contributed by atoms with Gasteiger partial charge >= 0.3 is 6.09 Å². The number of hydrogen-bond acceptors (Lipinski definition) is 3. The van der Waals surface area contributed by atoms with Gasteiger partial charge < -0.3 is 5.11 Å². The van der Waals surface area contributed by atoms with Crippen LogP contribution >= 0.6 is 12.2 Å². The fourth-order valence-electron chi connectivity index (χ4n) is 0.666. The Hall–Kier alpha value is -1.49. The molecular formula is C7H6N2O2S. The van der Waals surface area contributed by atoms with Crippen molar-refractivity contribution in [1.29, 1.82) is 0 Å². The van der Waals surface area contributed by atoms with Crippen molar-refractivity contribution in [2.45, 2.75) is 0 Å². The summed E-state index contributed by atoms with van der Waals surface area (Å²) in [6, 6.07) is 3.37. The largest absolute Gasteiger partial charge is 0.465 e. The first-order valence-corrected chi connectivity index (χ1v) is 3.55. The number of carboxylic acid groups (broad SMARTS) is 1. The summed E-state index contributed by atoms with van der Waals surface area (Å²) in [5.74, 6) is 0. The van der Waals surface area contributed by atoms with E-state index in [1.165, 1.54) is 6.20 Å². The number of pyridine rings is 1. The van der Waals surface area contributed by atoms with Crippen LogP contribution in [0.25, 0.3) is 0 Å². The zero-order valence-electron chi connectivity index (χ0n) is 6.02. The second kappa shape index (κ2) is 3.77. The van der Waals surface area contributed by atoms with Crippen LogP contribution in [0.1, 0.15) is 5.56 Å². The Kier molecular flexibility index (Phi) is 2.71. The van der Waals surface area contributed by atoms with Gasteiger partial charge in [-0.3, -0.25) is 10.3 Å². The molecule has 0 saturated heterocycles. The van der Waals surface area contributed by atoms with Crippen molar-refractivity contribution in [2.24, 2.45) is 0 Å². The highest BCUT2D eigenvalue weighted by Crippen LogP contribution is 1.95. The van der Waals surface area contributed by atoms with E-state index in [9.17, 15) is 4.79 Å². The normalized spacial score (nSPS) is 9.00. The maximum absolute atomic E-state index is 10.2. The van der Waals surface area contributed by atoms with Crippen molar-refractivity contribution in [2.75, 3.05) is 0 Å². The van der Waals surface area contributed by atoms with E-state index in [1.54, 1.807) is 18.3 Å². The summed E-state index contributed by atoms with van der Waals surface area (Å²) in [4.78, 5) is 14.1. The van der Waals surface area contributed by atoms with Crippen molar-refractivity contribution >= 4 is 23.3 Å². The quantitative estimate of drug-likeness (QED) is 0.636. The summed E-state index contributed by atoms with van der Waals surface area (Å²) < 4.78 is 0. The summed E-state index contributed by atoms with van der Waals surface area (Å²) in [6.07, 6.45) is 1.93. The molecule has 62 valence electrons. The molecule has 12 heavy (non-hydrogen) atoms. The molecule has 4 nitrogen and oxygen atoms in total. The van der Waals surface area contributed by atoms with E-state index >= 15 is 0 Å². The molecule has 0 atom stereocenters. The van der Waals surface area contributed by atoms with E-state index in [4.69, 9.17) is 17.3 Å². The third-order valence-corrected chi connectivity index (χ3v) is 1.48. The number of nitrogens with one attached hydrogen (secondary N) is 1. The standard InChI is InChI=1S/C7H6N2O2S/c10-7(11)9-6(12)5-2-1-3-8-4-5/h1-4H,(H,9,12)(H,10,11). The summed E-state index contributed by atoms with van der Waals surface area (Å²) in [7, 11) is 0. The summed E-state index contributed by atoms with van der Waals surface area (Å²) in [6.45, 7) is 0. The van der Waals surface area contributed by atoms with E-state index in [0.29, 0.717) is 5.56 Å². The lowest BCUT2D eigenvalue weighted by Crippen LogP contribution is -2.27. The highest BCUT2D eigenvalue weighted by atomic mass is 32.1. The first-order chi connectivity index (χ1) is 5.70. The first-order valence-electron chi connectivity index (χ1n) is 3.14. The van der Waals surface area contributed by atoms with Crippen LogP contribution in [0.4, 0.5) is 4.79 Å². The molecule has 1 amide bonds. The molecule has 0 aliphatic heterocycles. The first kappa shape index (κ1) is 8.61. The van der Waals surface area contributed by atoms with Crippen LogP contribution in [0, 0.1) is 0 Å². The maximum Gasteiger partial charge on any atom is 0.409 e. The van der Waals surface area contributed by atoms with Gasteiger partial charge in [0, 0.05) is 18.0 Å². The molecule has 0 aliphatic carbocycles. The van der Waals surface area contributed by atoms with Crippen molar-refractivity contribution in [1.82, 2.24) is 10.3 Å². The number of carbonyl (C=O) groups is 1. The predicted molar refractivity (Wildman–Crippen MR) is 47.1 cm³/mol. The Morgan fingerprint density at radius 3 is 2.92 bits per heavy atom. The highest BCUT2D eigenvalue weighted by Gasteiger charge is 2.02. The molecule has 1 aromatic rings. The van der Waals surface area contributed by atoms with Gasteiger partial charge in [-0.2, -0.15) is 0 Å². The van der Waals surface area contributed by atoms with Gasteiger partial charge in [0.05, 0.1) is 0 Å². The van der Waals surface area contributed by atoms with Gasteiger partial charge in [0.15, 0.2) is 0 Å². The number of amides is 1. The highest BCUT2D eigenvalue weighted by molar-refractivity contribution is 7.80. The minimum atomic E-state index is -1.16. The zero-order chi connectivity index (χ0) is 8.97. The summed E-state index contributed by atoms with van der Waals surface area (Å²) in [5, 5.41) is 10.4. The number of aromatic nitrogens is 1. The maximum atomic E-state index is 10.2. The molecule has 0 saturated carbocycles. The molecule has 0 aromatic carbocycles. The molecule has 0 spiro atoms. The smallest absolute Gasteiger partial charge is 0.409 e. The summed E-state index contributed by atoms with van der Waals surface area (Å²) in [5.41, 5.74) is 0.593. The van der Waals surface area contributed by atoms with Crippen molar-refractivity contribution in [3.8, 4) is 0 Å². The topological polar surface area (TPSA) is 62.2 Å². The second-order valence-electron chi connectivity index (χ2n) is 2.00. The lowest BCUT2D eigenvalue weighted by Gasteiger charge is -2.00. The Morgan fingerprint density at radius 2 is 2.42 bits per heavy atom. The third-order valence-electron chi connectivity index (χ3n) is 1.14. The lowest BCUT2D eigenvalue weighted by atomic mass is 10.3. The Labute approximate surface area is 74.2 Å². The van der Waals surface area contributed by atoms with Gasteiger partial charge in [-0.1, -0.05) is 12.2 Å². The van der Waals surface area contributed by atoms with Gasteiger partial charge in [0.1, 0.15) is 4.99 Å². The van der Waals surface area contributed by atoms with Crippen molar-refractivity contribution in [3.63, 3.8) is 0 Å². The van der Waals surface area contributed by atoms with Gasteiger partial charge in [0.2, 0.25) is 0 Å². The molecule has 2 N–H and O–H groups in total. The average molecular weight is 182 g/mol. The van der Waals surface area contributed by atoms with E-state index in [0.717, 1.165) is 0 Å². The second-order valence-corrected chi connectivity index (χ2v) is 2.41. The predicted octanol–water partition coefficient (Wildman–Crippen LogP) is 1.02. The molecule has 0 aliphatic rings. The number of nitrogens with zero attached hydrogens (tertiary/aromatic N) is 1. The molecule has 0 unspecified atom stereocenters. The zero-order valence-corrected chi connectivity index (χ0v) is 6.84. The number of hydrogen-bond donors (Lipinski definition) is 2. The minimum Gasteiger partial charge on any atom is -0.465 e. The summed E-state index contributed by atoms with van der Waals surface area (Å²) >= 11 is 4.76. The molecule has 1 rings (SSSR count). The molecule has 1 aromatic heterocycles. The SMILES string of the molecule is O=C(O)NC(=S)c1cccnc1. The van der Waals surface area contributed by atoms with E-state index in [-0.39, 0.29) is 4.99 Å². The molecule has 0 fully saturated rings. The molecule has 1 heterocycles. The Bertz CT molecular complexity index is 300. The fraction of sp³-hybridized carbons (Fsp3) is 0. The molecule has 5 heteroatoms. The van der Waals surface area contributed by atoms with E-state index in [2.05, 4.69) is 10.3 Å². The molecule has 0 radical (unpaired) electrons. The van der Waals surface area contributed by atoms with Crippen LogP contribution < -0.4 is 5.32 Å². The van der Waals surface area contributed by atoms with Crippen LogP contribution in [0.2, 0.25) is 0 Å². The molecular weight excluding hydrogens is 176 g/mol. The minimum absolute atomic E-state index is 0.163. The van der Waals surface area contributed by atoms with Crippen molar-refractivity contribution in [3.05, 3.63) is 30.1 Å². The van der Waals surface area contributed by atoms with Crippen LogP contribution in [-0.2, 0) is 0 Å². The van der Waals surface area contributed by atoms with E-state index in [1.807, 2.05) is 0 Å².